The van der Waals surface area contributed by atoms with Gasteiger partial charge in [-0.2, -0.15) is 0 Å². The first-order valence-electron chi connectivity index (χ1n) is 8.37. The summed E-state index contributed by atoms with van der Waals surface area (Å²) in [6, 6.07) is 11.3. The number of hydrogen-bond acceptors (Lipinski definition) is 4. The van der Waals surface area contributed by atoms with Crippen molar-refractivity contribution >= 4 is 39.5 Å². The molecule has 0 radical (unpaired) electrons. The molecule has 1 aromatic carbocycles. The van der Waals surface area contributed by atoms with Gasteiger partial charge in [0.2, 0.25) is 5.91 Å². The van der Waals surface area contributed by atoms with Crippen LogP contribution in [-0.4, -0.2) is 40.8 Å². The fourth-order valence-corrected chi connectivity index (χ4v) is 3.43. The number of hydrogen-bond donors (Lipinski definition) is 1. The second kappa shape index (κ2) is 9.73. The third-order valence-corrected chi connectivity index (χ3v) is 5.04. The van der Waals surface area contributed by atoms with Gasteiger partial charge in [0.25, 0.3) is 5.91 Å². The maximum absolute atomic E-state index is 12.9. The van der Waals surface area contributed by atoms with Crippen LogP contribution in [0.1, 0.15) is 31.1 Å². The third-order valence-electron chi connectivity index (χ3n) is 3.48. The number of carbonyl (C=O) groups excluding carboxylic acids is 2. The molecule has 0 fully saturated rings. The van der Waals surface area contributed by atoms with E-state index in [4.69, 9.17) is 0 Å². The molecule has 0 unspecified atom stereocenters. The lowest BCUT2D eigenvalue weighted by Gasteiger charge is -2.22. The topological polar surface area (TPSA) is 62.3 Å². The highest BCUT2D eigenvalue weighted by atomic mass is 79.9. The van der Waals surface area contributed by atoms with Gasteiger partial charge in [-0.05, 0) is 57.2 Å². The highest BCUT2D eigenvalue weighted by Gasteiger charge is 2.21. The van der Waals surface area contributed by atoms with Gasteiger partial charge in [0.15, 0.2) is 0 Å². The van der Waals surface area contributed by atoms with Crippen LogP contribution in [0.25, 0.3) is 0 Å². The minimum absolute atomic E-state index is 0.0325. The quantitative estimate of drug-likeness (QED) is 0.713. The molecule has 5 nitrogen and oxygen atoms in total. The Labute approximate surface area is 166 Å². The van der Waals surface area contributed by atoms with E-state index < -0.39 is 0 Å². The van der Waals surface area contributed by atoms with Gasteiger partial charge in [0, 0.05) is 28.2 Å². The molecule has 0 saturated carbocycles. The van der Waals surface area contributed by atoms with Crippen molar-refractivity contribution in [3.8, 4) is 0 Å². The summed E-state index contributed by atoms with van der Waals surface area (Å²) in [6.45, 7) is 6.12. The number of likely N-dealkylation sites (N-methyl/N-ethyl adjacent to an activating group) is 1. The van der Waals surface area contributed by atoms with E-state index in [1.807, 2.05) is 45.0 Å². The van der Waals surface area contributed by atoms with Gasteiger partial charge < -0.3 is 10.2 Å². The number of carbonyl (C=O) groups is 2. The van der Waals surface area contributed by atoms with Crippen molar-refractivity contribution in [1.82, 2.24) is 15.2 Å². The van der Waals surface area contributed by atoms with Crippen LogP contribution in [0.15, 0.2) is 57.0 Å². The largest absolute Gasteiger partial charge is 0.352 e. The maximum atomic E-state index is 12.9. The normalized spacial score (nSPS) is 10.7. The van der Waals surface area contributed by atoms with Gasteiger partial charge >= 0.3 is 0 Å². The summed E-state index contributed by atoms with van der Waals surface area (Å²) in [5.41, 5.74) is 0.500. The number of nitrogens with zero attached hydrogens (tertiary/aromatic N) is 2. The average Bonchev–Trinajstić information content (AvgIpc) is 2.61. The number of nitrogens with one attached hydrogen (secondary N) is 1. The van der Waals surface area contributed by atoms with Crippen molar-refractivity contribution in [1.29, 1.82) is 0 Å². The SMILES string of the molecule is CCN(CC(=O)NC(C)C)C(=O)c1cccnc1Sc1ccc(Br)cc1. The number of benzene rings is 1. The lowest BCUT2D eigenvalue weighted by molar-refractivity contribution is -0.122. The van der Waals surface area contributed by atoms with Crippen LogP contribution in [0.5, 0.6) is 0 Å². The van der Waals surface area contributed by atoms with Crippen LogP contribution in [0.2, 0.25) is 0 Å². The molecule has 0 spiro atoms. The molecule has 0 aliphatic heterocycles. The second-order valence-electron chi connectivity index (χ2n) is 5.95. The van der Waals surface area contributed by atoms with Gasteiger partial charge in [-0.25, -0.2) is 4.98 Å². The van der Waals surface area contributed by atoms with Gasteiger partial charge in [0.05, 0.1) is 12.1 Å². The molecule has 7 heteroatoms. The number of pyridine rings is 1. The van der Waals surface area contributed by atoms with Crippen LogP contribution in [0, 0.1) is 0 Å². The summed E-state index contributed by atoms with van der Waals surface area (Å²) in [5.74, 6) is -0.361. The van der Waals surface area contributed by atoms with E-state index in [0.29, 0.717) is 17.1 Å². The molecule has 0 atom stereocenters. The summed E-state index contributed by atoms with van der Waals surface area (Å²) in [5, 5.41) is 3.44. The third kappa shape index (κ3) is 5.85. The summed E-state index contributed by atoms with van der Waals surface area (Å²) in [6.07, 6.45) is 1.67. The molecule has 1 heterocycles. The molecule has 0 bridgehead atoms. The zero-order valence-electron chi connectivity index (χ0n) is 15.0. The molecule has 2 aromatic rings. The van der Waals surface area contributed by atoms with Crippen molar-refractivity contribution in [2.24, 2.45) is 0 Å². The van der Waals surface area contributed by atoms with Crippen LogP contribution >= 0.6 is 27.7 Å². The summed E-state index contributed by atoms with van der Waals surface area (Å²) >= 11 is 4.84. The smallest absolute Gasteiger partial charge is 0.257 e. The Hall–Kier alpha value is -1.86. The van der Waals surface area contributed by atoms with Crippen LogP contribution in [-0.2, 0) is 4.79 Å². The highest BCUT2D eigenvalue weighted by Crippen LogP contribution is 2.30. The van der Waals surface area contributed by atoms with E-state index >= 15 is 0 Å². The lowest BCUT2D eigenvalue weighted by Crippen LogP contribution is -2.42. The molecular formula is C19H22BrN3O2S. The molecule has 2 rings (SSSR count). The fraction of sp³-hybridized carbons (Fsp3) is 0.316. The van der Waals surface area contributed by atoms with Gasteiger partial charge in [-0.1, -0.05) is 27.7 Å². The molecular weight excluding hydrogens is 414 g/mol. The molecule has 2 amide bonds. The molecule has 0 aliphatic rings. The van der Waals surface area contributed by atoms with E-state index in [1.165, 1.54) is 16.7 Å². The summed E-state index contributed by atoms with van der Waals surface area (Å²) < 4.78 is 0.993. The van der Waals surface area contributed by atoms with Crippen molar-refractivity contribution in [2.45, 2.75) is 36.7 Å². The molecule has 138 valence electrons. The zero-order chi connectivity index (χ0) is 19.1. The Bertz CT molecular complexity index is 766. The van der Waals surface area contributed by atoms with Crippen molar-refractivity contribution in [3.05, 3.63) is 52.6 Å². The van der Waals surface area contributed by atoms with Gasteiger partial charge in [-0.3, -0.25) is 9.59 Å². The average molecular weight is 436 g/mol. The van der Waals surface area contributed by atoms with E-state index in [0.717, 1.165) is 9.37 Å². The fourth-order valence-electron chi connectivity index (χ4n) is 2.29. The molecule has 1 N–H and O–H groups in total. The first-order chi connectivity index (χ1) is 12.4. The van der Waals surface area contributed by atoms with Crippen LogP contribution in [0.3, 0.4) is 0 Å². The second-order valence-corrected chi connectivity index (χ2v) is 7.93. The number of aromatic nitrogens is 1. The molecule has 0 saturated heterocycles. The lowest BCUT2D eigenvalue weighted by atomic mass is 10.2. The van der Waals surface area contributed by atoms with Gasteiger partial charge in [0.1, 0.15) is 5.03 Å². The Morgan fingerprint density at radius 1 is 1.23 bits per heavy atom. The Kier molecular flexibility index (Phi) is 7.66. The first kappa shape index (κ1) is 20.5. The van der Waals surface area contributed by atoms with Crippen molar-refractivity contribution in [2.75, 3.05) is 13.1 Å². The van der Waals surface area contributed by atoms with Crippen molar-refractivity contribution in [3.63, 3.8) is 0 Å². The molecule has 26 heavy (non-hydrogen) atoms. The Balaban J connectivity index is 2.19. The molecule has 0 aliphatic carbocycles. The number of amides is 2. The Morgan fingerprint density at radius 2 is 1.92 bits per heavy atom. The minimum atomic E-state index is -0.195. The van der Waals surface area contributed by atoms with Crippen LogP contribution in [0.4, 0.5) is 0 Å². The van der Waals surface area contributed by atoms with E-state index in [1.54, 1.807) is 18.3 Å². The van der Waals surface area contributed by atoms with Crippen molar-refractivity contribution < 1.29 is 9.59 Å². The van der Waals surface area contributed by atoms with Crippen LogP contribution < -0.4 is 5.32 Å². The zero-order valence-corrected chi connectivity index (χ0v) is 17.4. The predicted octanol–water partition coefficient (Wildman–Crippen LogP) is 3.98. The number of rotatable bonds is 7. The Morgan fingerprint density at radius 3 is 2.54 bits per heavy atom. The standard InChI is InChI=1S/C19H22BrN3O2S/c1-4-23(12-17(24)22-13(2)3)19(25)16-6-5-11-21-18(16)26-15-9-7-14(20)8-10-15/h5-11,13H,4,12H2,1-3H3,(H,22,24). The monoisotopic (exact) mass is 435 g/mol. The van der Waals surface area contributed by atoms with E-state index in [-0.39, 0.29) is 24.4 Å². The molecule has 1 aromatic heterocycles. The number of halogens is 1. The summed E-state index contributed by atoms with van der Waals surface area (Å²) in [4.78, 5) is 31.9. The van der Waals surface area contributed by atoms with Gasteiger partial charge in [-0.15, -0.1) is 0 Å². The van der Waals surface area contributed by atoms with E-state index in [2.05, 4.69) is 26.2 Å². The van der Waals surface area contributed by atoms with E-state index in [9.17, 15) is 9.59 Å². The minimum Gasteiger partial charge on any atom is -0.352 e. The summed E-state index contributed by atoms with van der Waals surface area (Å²) in [7, 11) is 0. The highest BCUT2D eigenvalue weighted by molar-refractivity contribution is 9.10. The predicted molar refractivity (Wildman–Crippen MR) is 107 cm³/mol. The maximum Gasteiger partial charge on any atom is 0.257 e. The first-order valence-corrected chi connectivity index (χ1v) is 9.98.